The lowest BCUT2D eigenvalue weighted by molar-refractivity contribution is -0.193. The summed E-state index contributed by atoms with van der Waals surface area (Å²) in [4.78, 5) is 49.4. The van der Waals surface area contributed by atoms with Crippen molar-refractivity contribution in [2.45, 2.75) is 37.4 Å². The van der Waals surface area contributed by atoms with Gasteiger partial charge in [-0.2, -0.15) is 13.2 Å². The predicted molar refractivity (Wildman–Crippen MR) is 168 cm³/mol. The van der Waals surface area contributed by atoms with E-state index < -0.39 is 28.0 Å². The van der Waals surface area contributed by atoms with E-state index in [1.807, 2.05) is 30.3 Å². The van der Waals surface area contributed by atoms with E-state index in [0.717, 1.165) is 47.4 Å². The number of alkyl halides is 3. The van der Waals surface area contributed by atoms with Gasteiger partial charge in [-0.3, -0.25) is 14.7 Å². The summed E-state index contributed by atoms with van der Waals surface area (Å²) in [5.74, 6) is -4.07. The molecule has 0 spiro atoms. The molecule has 0 bridgehead atoms. The molecule has 2 aliphatic rings. The van der Waals surface area contributed by atoms with Crippen LogP contribution in [0.3, 0.4) is 0 Å². The van der Waals surface area contributed by atoms with Gasteiger partial charge in [-0.1, -0.05) is 24.3 Å². The maximum atomic E-state index is 13.3. The average Bonchev–Trinajstić information content (AvgIpc) is 3.47. The molecule has 2 amide bonds. The first kappa shape index (κ1) is 32.2. The number of halogens is 3. The topological polar surface area (TPSA) is 133 Å². The predicted octanol–water partition coefficient (Wildman–Crippen LogP) is 5.06. The fourth-order valence-corrected chi connectivity index (χ4v) is 7.03. The van der Waals surface area contributed by atoms with Crippen molar-refractivity contribution in [1.29, 1.82) is 0 Å². The lowest BCUT2D eigenvalue weighted by Gasteiger charge is -2.35. The number of likely N-dealkylation sites (tertiary alicyclic amines) is 1. The van der Waals surface area contributed by atoms with Crippen LogP contribution in [-0.2, 0) is 32.5 Å². The first-order valence-corrected chi connectivity index (χ1v) is 16.6. The Balaban J connectivity index is 1.19. The van der Waals surface area contributed by atoms with Crippen LogP contribution in [0.4, 0.5) is 29.3 Å². The summed E-state index contributed by atoms with van der Waals surface area (Å²) < 4.78 is 65.1. The molecule has 47 heavy (non-hydrogen) atoms. The standard InChI is InChI=1S/C32H30F3N5O6S/c1-38-27-16-36-28-24(15-26(37-28)20-5-3-19(4-6-20)17-39-13-11-23(12-14-39)47(2,44)45)25(27)18-40(31(38)43)22-9-7-21(8-10-22)29(41)46-30(42)32(33,34)35/h3-10,15-16,23H,11-14,17-18H2,1-2H3,(H,36,37). The molecule has 1 N–H and O–H groups in total. The van der Waals surface area contributed by atoms with Crippen LogP contribution < -0.4 is 9.80 Å². The second kappa shape index (κ2) is 12.1. The van der Waals surface area contributed by atoms with E-state index in [1.165, 1.54) is 40.3 Å². The minimum absolute atomic E-state index is 0.153. The van der Waals surface area contributed by atoms with Crippen LogP contribution in [0, 0.1) is 0 Å². The molecule has 2 aliphatic heterocycles. The summed E-state index contributed by atoms with van der Waals surface area (Å²) >= 11 is 0. The van der Waals surface area contributed by atoms with Crippen molar-refractivity contribution in [3.05, 3.63) is 77.5 Å². The summed E-state index contributed by atoms with van der Waals surface area (Å²) in [5, 5.41) is 0.525. The number of fused-ring (bicyclic) bond motifs is 3. The Morgan fingerprint density at radius 1 is 1.04 bits per heavy atom. The van der Waals surface area contributed by atoms with Gasteiger partial charge < -0.3 is 9.72 Å². The molecule has 2 aromatic heterocycles. The SMILES string of the molecule is CN1C(=O)N(c2ccc(C(=O)OC(=O)C(F)(F)F)cc2)Cc2c1cnc1[nH]c(-c3ccc(CN4CCC(S(C)(=O)=O)CC4)cc3)cc21. The second-order valence-electron chi connectivity index (χ2n) is 11.7. The molecule has 2 aromatic carbocycles. The van der Waals surface area contributed by atoms with Crippen LogP contribution >= 0.6 is 0 Å². The molecule has 246 valence electrons. The van der Waals surface area contributed by atoms with Gasteiger partial charge in [0, 0.05) is 42.2 Å². The van der Waals surface area contributed by atoms with Crippen molar-refractivity contribution in [3.63, 3.8) is 0 Å². The summed E-state index contributed by atoms with van der Waals surface area (Å²) in [5.41, 5.74) is 5.01. The van der Waals surface area contributed by atoms with Crippen LogP contribution in [0.5, 0.6) is 0 Å². The van der Waals surface area contributed by atoms with E-state index in [4.69, 9.17) is 0 Å². The maximum absolute atomic E-state index is 13.3. The number of ether oxygens (including phenoxy) is 1. The van der Waals surface area contributed by atoms with Crippen molar-refractivity contribution in [2.75, 3.05) is 36.2 Å². The van der Waals surface area contributed by atoms with Crippen molar-refractivity contribution < 1.29 is 40.7 Å². The van der Waals surface area contributed by atoms with Crippen LogP contribution in [0.25, 0.3) is 22.3 Å². The highest BCUT2D eigenvalue weighted by Gasteiger charge is 2.42. The van der Waals surface area contributed by atoms with E-state index >= 15 is 0 Å². The number of benzene rings is 2. The largest absolute Gasteiger partial charge is 0.491 e. The number of sulfone groups is 1. The molecule has 4 heterocycles. The molecule has 0 saturated carbocycles. The monoisotopic (exact) mass is 669 g/mol. The highest BCUT2D eigenvalue weighted by molar-refractivity contribution is 7.91. The minimum atomic E-state index is -5.31. The van der Waals surface area contributed by atoms with E-state index in [0.29, 0.717) is 29.9 Å². The zero-order valence-corrected chi connectivity index (χ0v) is 26.2. The Bertz CT molecular complexity index is 1970. The molecule has 11 nitrogen and oxygen atoms in total. The molecule has 15 heteroatoms. The molecule has 1 saturated heterocycles. The molecule has 4 aromatic rings. The number of aromatic nitrogens is 2. The number of piperidine rings is 1. The third-order valence-electron chi connectivity index (χ3n) is 8.59. The van der Waals surface area contributed by atoms with E-state index in [9.17, 15) is 36.0 Å². The molecular weight excluding hydrogens is 639 g/mol. The van der Waals surface area contributed by atoms with Crippen LogP contribution in [0.15, 0.2) is 60.8 Å². The Kier molecular flexibility index (Phi) is 8.30. The average molecular weight is 670 g/mol. The number of amides is 2. The number of hydrogen-bond donors (Lipinski definition) is 1. The fourth-order valence-electron chi connectivity index (χ4n) is 5.96. The number of anilines is 2. The number of esters is 2. The van der Waals surface area contributed by atoms with Gasteiger partial charge in [-0.05, 0) is 67.4 Å². The molecule has 0 unspecified atom stereocenters. The van der Waals surface area contributed by atoms with Crippen molar-refractivity contribution in [2.24, 2.45) is 0 Å². The van der Waals surface area contributed by atoms with Crippen LogP contribution in [0.2, 0.25) is 0 Å². The number of nitrogens with zero attached hydrogens (tertiary/aromatic N) is 4. The van der Waals surface area contributed by atoms with Crippen molar-refractivity contribution in [3.8, 4) is 11.3 Å². The number of aromatic amines is 1. The molecule has 0 radical (unpaired) electrons. The van der Waals surface area contributed by atoms with E-state index in [2.05, 4.69) is 19.6 Å². The Morgan fingerprint density at radius 2 is 1.70 bits per heavy atom. The maximum Gasteiger partial charge on any atom is 0.491 e. The van der Waals surface area contributed by atoms with Crippen LogP contribution in [-0.4, -0.2) is 79.1 Å². The number of nitrogens with one attached hydrogen (secondary N) is 1. The van der Waals surface area contributed by atoms with Gasteiger partial charge >= 0.3 is 24.1 Å². The summed E-state index contributed by atoms with van der Waals surface area (Å²) in [6, 6.07) is 14.8. The van der Waals surface area contributed by atoms with Crippen molar-refractivity contribution >= 4 is 50.2 Å². The summed E-state index contributed by atoms with van der Waals surface area (Å²) in [7, 11) is -1.42. The minimum Gasteiger partial charge on any atom is -0.383 e. The third-order valence-corrected chi connectivity index (χ3v) is 10.3. The van der Waals surface area contributed by atoms with Gasteiger partial charge in [-0.25, -0.2) is 27.8 Å². The lowest BCUT2D eigenvalue weighted by atomic mass is 10.0. The number of hydrogen-bond acceptors (Lipinski definition) is 8. The first-order valence-electron chi connectivity index (χ1n) is 14.7. The Labute approximate surface area is 267 Å². The van der Waals surface area contributed by atoms with Crippen molar-refractivity contribution in [1.82, 2.24) is 14.9 Å². The lowest BCUT2D eigenvalue weighted by Crippen LogP contribution is -2.45. The smallest absolute Gasteiger partial charge is 0.383 e. The quantitative estimate of drug-likeness (QED) is 0.223. The summed E-state index contributed by atoms with van der Waals surface area (Å²) in [6.07, 6.45) is -1.13. The molecule has 6 rings (SSSR count). The van der Waals surface area contributed by atoms with Gasteiger partial charge in [0.15, 0.2) is 0 Å². The third kappa shape index (κ3) is 6.58. The zero-order valence-electron chi connectivity index (χ0n) is 25.4. The number of carbonyl (C=O) groups excluding carboxylic acids is 3. The highest BCUT2D eigenvalue weighted by atomic mass is 32.2. The van der Waals surface area contributed by atoms with Gasteiger partial charge in [-0.15, -0.1) is 0 Å². The number of urea groups is 1. The molecule has 1 fully saturated rings. The Hall–Kier alpha value is -4.76. The van der Waals surface area contributed by atoms with E-state index in [1.54, 1.807) is 13.2 Å². The highest BCUT2D eigenvalue weighted by Crippen LogP contribution is 2.37. The number of pyridine rings is 1. The Morgan fingerprint density at radius 3 is 2.32 bits per heavy atom. The molecular formula is C32H30F3N5O6S. The van der Waals surface area contributed by atoms with Crippen LogP contribution in [0.1, 0.15) is 34.3 Å². The van der Waals surface area contributed by atoms with Gasteiger partial charge in [0.2, 0.25) is 0 Å². The number of rotatable bonds is 6. The fraction of sp³-hybridized carbons (Fsp3) is 0.312. The number of carbonyl (C=O) groups is 3. The molecule has 0 atom stereocenters. The first-order chi connectivity index (χ1) is 22.2. The number of H-pyrrole nitrogens is 1. The summed E-state index contributed by atoms with van der Waals surface area (Å²) in [6.45, 7) is 2.33. The van der Waals surface area contributed by atoms with E-state index in [-0.39, 0.29) is 23.4 Å². The van der Waals surface area contributed by atoms with Gasteiger partial charge in [0.05, 0.1) is 29.2 Å². The normalized spacial score (nSPS) is 16.4. The molecule has 0 aliphatic carbocycles. The second-order valence-corrected chi connectivity index (χ2v) is 14.0. The van der Waals surface area contributed by atoms with Gasteiger partial charge in [0.25, 0.3) is 0 Å². The van der Waals surface area contributed by atoms with Gasteiger partial charge in [0.1, 0.15) is 15.5 Å². The zero-order chi connectivity index (χ0) is 33.7.